The van der Waals surface area contributed by atoms with Crippen molar-refractivity contribution in [3.05, 3.63) is 17.5 Å². The highest BCUT2D eigenvalue weighted by molar-refractivity contribution is 5.95. The predicted molar refractivity (Wildman–Crippen MR) is 78.2 cm³/mol. The fourth-order valence-electron chi connectivity index (χ4n) is 2.91. The first-order valence-corrected chi connectivity index (χ1v) is 7.29. The molecule has 1 fully saturated rings. The molecule has 116 valence electrons. The second-order valence-corrected chi connectivity index (χ2v) is 6.74. The molecule has 6 nitrogen and oxygen atoms in total. The monoisotopic (exact) mass is 293 g/mol. The molecule has 0 radical (unpaired) electrons. The number of aromatic nitrogens is 2. The lowest BCUT2D eigenvalue weighted by Gasteiger charge is -2.21. The number of carboxylic acids is 1. The third-order valence-corrected chi connectivity index (χ3v) is 4.01. The highest BCUT2D eigenvalue weighted by Gasteiger charge is 2.31. The molecule has 1 amide bonds. The van der Waals surface area contributed by atoms with Gasteiger partial charge in [-0.25, -0.2) is 0 Å². The standard InChI is InChI=1S/C15H23N3O3/c1-9-12(8-16-18(9)15(2,3)4)13(19)17-11-6-5-10(7-11)14(20)21/h8,10-11H,5-7H2,1-4H3,(H,17,19)(H,20,21)/t10-,11+/m1/s1. The summed E-state index contributed by atoms with van der Waals surface area (Å²) in [6.07, 6.45) is 3.43. The van der Waals surface area contributed by atoms with Crippen LogP contribution in [0.5, 0.6) is 0 Å². The van der Waals surface area contributed by atoms with Crippen molar-refractivity contribution in [1.29, 1.82) is 0 Å². The molecule has 6 heteroatoms. The Morgan fingerprint density at radius 1 is 1.38 bits per heavy atom. The van der Waals surface area contributed by atoms with Crippen molar-refractivity contribution < 1.29 is 14.7 Å². The summed E-state index contributed by atoms with van der Waals surface area (Å²) in [5, 5.41) is 16.2. The van der Waals surface area contributed by atoms with Gasteiger partial charge in [0.05, 0.1) is 23.2 Å². The van der Waals surface area contributed by atoms with Crippen molar-refractivity contribution in [3.8, 4) is 0 Å². The number of nitrogens with zero attached hydrogens (tertiary/aromatic N) is 2. The Balaban J connectivity index is 2.05. The van der Waals surface area contributed by atoms with Gasteiger partial charge in [0.1, 0.15) is 0 Å². The number of carboxylic acid groups (broad SMARTS) is 1. The summed E-state index contributed by atoms with van der Waals surface area (Å²) in [6, 6.07) is -0.0593. The molecule has 0 spiro atoms. The van der Waals surface area contributed by atoms with Gasteiger partial charge in [-0.15, -0.1) is 0 Å². The lowest BCUT2D eigenvalue weighted by atomic mass is 10.1. The van der Waals surface area contributed by atoms with Gasteiger partial charge in [-0.1, -0.05) is 0 Å². The molecule has 2 N–H and O–H groups in total. The van der Waals surface area contributed by atoms with Crippen LogP contribution < -0.4 is 5.32 Å². The molecule has 1 heterocycles. The number of rotatable bonds is 3. The smallest absolute Gasteiger partial charge is 0.306 e. The average molecular weight is 293 g/mol. The highest BCUT2D eigenvalue weighted by atomic mass is 16.4. The molecular weight excluding hydrogens is 270 g/mol. The predicted octanol–water partition coefficient (Wildman–Crippen LogP) is 1.93. The number of nitrogens with one attached hydrogen (secondary N) is 1. The molecule has 1 aromatic heterocycles. The van der Waals surface area contributed by atoms with Crippen LogP contribution in [0.1, 0.15) is 56.1 Å². The summed E-state index contributed by atoms with van der Waals surface area (Å²) in [5.41, 5.74) is 1.21. The molecule has 0 aliphatic heterocycles. The van der Waals surface area contributed by atoms with Gasteiger partial charge in [-0.3, -0.25) is 14.3 Å². The van der Waals surface area contributed by atoms with Crippen LogP contribution >= 0.6 is 0 Å². The second kappa shape index (κ2) is 5.50. The van der Waals surface area contributed by atoms with E-state index in [9.17, 15) is 9.59 Å². The van der Waals surface area contributed by atoms with Crippen molar-refractivity contribution in [2.75, 3.05) is 0 Å². The summed E-state index contributed by atoms with van der Waals surface area (Å²) in [4.78, 5) is 23.3. The molecule has 1 saturated carbocycles. The number of aliphatic carboxylic acids is 1. The fraction of sp³-hybridized carbons (Fsp3) is 0.667. The van der Waals surface area contributed by atoms with Gasteiger partial charge in [-0.05, 0) is 47.0 Å². The Hall–Kier alpha value is -1.85. The maximum Gasteiger partial charge on any atom is 0.306 e. The number of hydrogen-bond donors (Lipinski definition) is 2. The van der Waals surface area contributed by atoms with E-state index in [1.807, 2.05) is 32.4 Å². The van der Waals surface area contributed by atoms with E-state index in [2.05, 4.69) is 10.4 Å². The van der Waals surface area contributed by atoms with Crippen LogP contribution in [0.4, 0.5) is 0 Å². The first-order valence-electron chi connectivity index (χ1n) is 7.29. The van der Waals surface area contributed by atoms with Crippen molar-refractivity contribution in [2.45, 2.75) is 58.5 Å². The zero-order chi connectivity index (χ0) is 15.8. The Labute approximate surface area is 124 Å². The normalized spacial score (nSPS) is 22.3. The van der Waals surface area contributed by atoms with Gasteiger partial charge >= 0.3 is 5.97 Å². The van der Waals surface area contributed by atoms with Gasteiger partial charge in [0.2, 0.25) is 0 Å². The summed E-state index contributed by atoms with van der Waals surface area (Å²) in [5.74, 6) is -1.28. The Bertz CT molecular complexity index is 557. The Kier molecular flexibility index (Phi) is 4.07. The molecule has 2 rings (SSSR count). The van der Waals surface area contributed by atoms with Crippen LogP contribution in [0, 0.1) is 12.8 Å². The van der Waals surface area contributed by atoms with Gasteiger partial charge in [-0.2, -0.15) is 5.10 Å². The average Bonchev–Trinajstić information content (AvgIpc) is 2.94. The van der Waals surface area contributed by atoms with E-state index < -0.39 is 5.97 Å². The Morgan fingerprint density at radius 3 is 2.52 bits per heavy atom. The van der Waals surface area contributed by atoms with Crippen LogP contribution in [0.15, 0.2) is 6.20 Å². The molecule has 2 atom stereocenters. The van der Waals surface area contributed by atoms with E-state index in [-0.39, 0.29) is 23.4 Å². The molecule has 1 aliphatic carbocycles. The van der Waals surface area contributed by atoms with Crippen molar-refractivity contribution in [1.82, 2.24) is 15.1 Å². The van der Waals surface area contributed by atoms with Crippen molar-refractivity contribution in [3.63, 3.8) is 0 Å². The van der Waals surface area contributed by atoms with E-state index >= 15 is 0 Å². The molecule has 21 heavy (non-hydrogen) atoms. The van der Waals surface area contributed by atoms with Crippen LogP contribution in [0.25, 0.3) is 0 Å². The van der Waals surface area contributed by atoms with Crippen LogP contribution in [0.3, 0.4) is 0 Å². The van der Waals surface area contributed by atoms with E-state index in [0.29, 0.717) is 18.4 Å². The van der Waals surface area contributed by atoms with Gasteiger partial charge < -0.3 is 10.4 Å². The van der Waals surface area contributed by atoms with Crippen molar-refractivity contribution in [2.24, 2.45) is 5.92 Å². The quantitative estimate of drug-likeness (QED) is 0.892. The lowest BCUT2D eigenvalue weighted by molar-refractivity contribution is -0.141. The van der Waals surface area contributed by atoms with Gasteiger partial charge in [0.25, 0.3) is 5.91 Å². The van der Waals surface area contributed by atoms with Crippen LogP contribution in [0.2, 0.25) is 0 Å². The maximum atomic E-state index is 12.3. The number of amides is 1. The first-order chi connectivity index (χ1) is 9.70. The number of carbonyl (C=O) groups excluding carboxylic acids is 1. The largest absolute Gasteiger partial charge is 0.481 e. The van der Waals surface area contributed by atoms with E-state index in [1.54, 1.807) is 6.20 Å². The zero-order valence-electron chi connectivity index (χ0n) is 13.0. The van der Waals surface area contributed by atoms with E-state index in [1.165, 1.54) is 0 Å². The van der Waals surface area contributed by atoms with Crippen LogP contribution in [-0.2, 0) is 10.3 Å². The lowest BCUT2D eigenvalue weighted by Crippen LogP contribution is -2.34. The SMILES string of the molecule is Cc1c(C(=O)N[C@H]2CC[C@@H](C(=O)O)C2)cnn1C(C)(C)C. The minimum absolute atomic E-state index is 0.0593. The summed E-state index contributed by atoms with van der Waals surface area (Å²) >= 11 is 0. The molecule has 0 aromatic carbocycles. The summed E-state index contributed by atoms with van der Waals surface area (Å²) < 4.78 is 1.83. The summed E-state index contributed by atoms with van der Waals surface area (Å²) in [6.45, 7) is 7.97. The third kappa shape index (κ3) is 3.25. The van der Waals surface area contributed by atoms with E-state index in [0.717, 1.165) is 12.1 Å². The topological polar surface area (TPSA) is 84.2 Å². The zero-order valence-corrected chi connectivity index (χ0v) is 13.0. The number of hydrogen-bond acceptors (Lipinski definition) is 3. The molecular formula is C15H23N3O3. The molecule has 0 unspecified atom stereocenters. The van der Waals surface area contributed by atoms with Crippen molar-refractivity contribution >= 4 is 11.9 Å². The van der Waals surface area contributed by atoms with Gasteiger partial charge in [0, 0.05) is 11.7 Å². The van der Waals surface area contributed by atoms with Gasteiger partial charge in [0.15, 0.2) is 0 Å². The van der Waals surface area contributed by atoms with E-state index in [4.69, 9.17) is 5.11 Å². The molecule has 1 aliphatic rings. The minimum atomic E-state index is -0.775. The molecule has 0 saturated heterocycles. The second-order valence-electron chi connectivity index (χ2n) is 6.74. The number of carbonyl (C=O) groups is 2. The fourth-order valence-corrected chi connectivity index (χ4v) is 2.91. The molecule has 0 bridgehead atoms. The minimum Gasteiger partial charge on any atom is -0.481 e. The third-order valence-electron chi connectivity index (χ3n) is 4.01. The Morgan fingerprint density at radius 2 is 2.05 bits per heavy atom. The maximum absolute atomic E-state index is 12.3. The first kappa shape index (κ1) is 15.5. The highest BCUT2D eigenvalue weighted by Crippen LogP contribution is 2.26. The molecule has 1 aromatic rings. The summed E-state index contributed by atoms with van der Waals surface area (Å²) in [7, 11) is 0. The van der Waals surface area contributed by atoms with Crippen LogP contribution in [-0.4, -0.2) is 32.8 Å².